The molecular formula is C10H9ClF3NO3. The topological polar surface area (TPSA) is 58.6 Å². The molecule has 0 spiro atoms. The highest BCUT2D eigenvalue weighted by molar-refractivity contribution is 6.27. The van der Waals surface area contributed by atoms with Crippen molar-refractivity contribution < 1.29 is 27.8 Å². The third kappa shape index (κ3) is 4.70. The lowest BCUT2D eigenvalue weighted by Gasteiger charge is -2.11. The third-order valence-electron chi connectivity index (χ3n) is 1.89. The van der Waals surface area contributed by atoms with Crippen molar-refractivity contribution in [2.24, 2.45) is 0 Å². The minimum atomic E-state index is -4.82. The molecular weight excluding hydrogens is 275 g/mol. The molecule has 2 N–H and O–H groups in total. The van der Waals surface area contributed by atoms with E-state index in [1.54, 1.807) is 0 Å². The van der Waals surface area contributed by atoms with Crippen molar-refractivity contribution in [1.82, 2.24) is 5.32 Å². The van der Waals surface area contributed by atoms with Crippen LogP contribution in [0, 0.1) is 0 Å². The second-order valence-electron chi connectivity index (χ2n) is 3.25. The molecule has 0 aliphatic carbocycles. The van der Waals surface area contributed by atoms with E-state index in [1.165, 1.54) is 6.07 Å². The van der Waals surface area contributed by atoms with E-state index in [4.69, 9.17) is 11.6 Å². The van der Waals surface area contributed by atoms with Gasteiger partial charge in [0.2, 0.25) is 5.91 Å². The van der Waals surface area contributed by atoms with Crippen molar-refractivity contribution in [2.45, 2.75) is 12.9 Å². The standard InChI is InChI=1S/C10H9ClF3NO3/c11-4-9(17)15-5-6-1-2-7(3-8(6)16)18-10(12,13)14/h1-3,16H,4-5H2,(H,15,17). The van der Waals surface area contributed by atoms with E-state index in [1.807, 2.05) is 0 Å². The Hall–Kier alpha value is -1.63. The highest BCUT2D eigenvalue weighted by Crippen LogP contribution is 2.28. The van der Waals surface area contributed by atoms with Gasteiger partial charge in [0.25, 0.3) is 0 Å². The molecule has 0 atom stereocenters. The first-order valence-electron chi connectivity index (χ1n) is 4.72. The van der Waals surface area contributed by atoms with Crippen molar-refractivity contribution in [1.29, 1.82) is 0 Å². The summed E-state index contributed by atoms with van der Waals surface area (Å²) in [6.45, 7) is -0.0380. The van der Waals surface area contributed by atoms with Crippen LogP contribution in [0.3, 0.4) is 0 Å². The van der Waals surface area contributed by atoms with Crippen LogP contribution in [0.25, 0.3) is 0 Å². The molecule has 0 radical (unpaired) electrons. The molecule has 18 heavy (non-hydrogen) atoms. The smallest absolute Gasteiger partial charge is 0.507 e. The number of carbonyl (C=O) groups is 1. The summed E-state index contributed by atoms with van der Waals surface area (Å²) in [5, 5.41) is 11.8. The summed E-state index contributed by atoms with van der Waals surface area (Å²) in [4.78, 5) is 10.9. The van der Waals surface area contributed by atoms with Gasteiger partial charge in [0.15, 0.2) is 0 Å². The first-order valence-corrected chi connectivity index (χ1v) is 5.25. The monoisotopic (exact) mass is 283 g/mol. The van der Waals surface area contributed by atoms with Gasteiger partial charge < -0.3 is 15.2 Å². The zero-order valence-electron chi connectivity index (χ0n) is 8.92. The number of hydrogen-bond donors (Lipinski definition) is 2. The Morgan fingerprint density at radius 1 is 1.44 bits per heavy atom. The average Bonchev–Trinajstić information content (AvgIpc) is 2.25. The lowest BCUT2D eigenvalue weighted by molar-refractivity contribution is -0.274. The second-order valence-corrected chi connectivity index (χ2v) is 3.52. The molecule has 0 unspecified atom stereocenters. The fourth-order valence-electron chi connectivity index (χ4n) is 1.13. The maximum atomic E-state index is 11.9. The molecule has 0 heterocycles. The van der Waals surface area contributed by atoms with Crippen LogP contribution in [0.1, 0.15) is 5.56 Å². The molecule has 0 saturated carbocycles. The molecule has 0 saturated heterocycles. The summed E-state index contributed by atoms with van der Waals surface area (Å²) < 4.78 is 39.3. The van der Waals surface area contributed by atoms with E-state index in [2.05, 4.69) is 10.1 Å². The number of alkyl halides is 4. The van der Waals surface area contributed by atoms with Crippen LogP contribution in [0.5, 0.6) is 11.5 Å². The fourth-order valence-corrected chi connectivity index (χ4v) is 1.23. The Morgan fingerprint density at radius 2 is 2.11 bits per heavy atom. The van der Waals surface area contributed by atoms with E-state index < -0.39 is 23.8 Å². The van der Waals surface area contributed by atoms with E-state index >= 15 is 0 Å². The summed E-state index contributed by atoms with van der Waals surface area (Å²) in [7, 11) is 0. The lowest BCUT2D eigenvalue weighted by atomic mass is 10.2. The Balaban J connectivity index is 2.71. The number of ether oxygens (including phenoxy) is 1. The number of benzene rings is 1. The normalized spacial score (nSPS) is 11.1. The molecule has 0 aliphatic heterocycles. The summed E-state index contributed by atoms with van der Waals surface area (Å²) in [5.41, 5.74) is 0.253. The summed E-state index contributed by atoms with van der Waals surface area (Å²) in [6, 6.07) is 3.07. The number of amides is 1. The number of hydrogen-bond acceptors (Lipinski definition) is 3. The minimum absolute atomic E-state index is 0.0380. The van der Waals surface area contributed by atoms with Gasteiger partial charge in [-0.2, -0.15) is 0 Å². The van der Waals surface area contributed by atoms with Gasteiger partial charge in [-0.1, -0.05) is 0 Å². The number of aromatic hydroxyl groups is 1. The number of phenolic OH excluding ortho intramolecular Hbond substituents is 1. The predicted octanol–water partition coefficient (Wildman–Crippen LogP) is 2.15. The first kappa shape index (κ1) is 14.4. The SMILES string of the molecule is O=C(CCl)NCc1ccc(OC(F)(F)F)cc1O. The number of nitrogens with one attached hydrogen (secondary N) is 1. The van der Waals surface area contributed by atoms with Gasteiger partial charge in [-0.25, -0.2) is 0 Å². The van der Waals surface area contributed by atoms with Crippen LogP contribution in [0.15, 0.2) is 18.2 Å². The molecule has 4 nitrogen and oxygen atoms in total. The van der Waals surface area contributed by atoms with Crippen molar-refractivity contribution in [3.05, 3.63) is 23.8 Å². The number of carbonyl (C=O) groups excluding carboxylic acids is 1. The second kappa shape index (κ2) is 5.81. The van der Waals surface area contributed by atoms with E-state index in [-0.39, 0.29) is 18.0 Å². The van der Waals surface area contributed by atoms with Gasteiger partial charge in [-0.15, -0.1) is 24.8 Å². The predicted molar refractivity (Wildman–Crippen MR) is 57.4 cm³/mol. The molecule has 100 valence electrons. The first-order chi connectivity index (χ1) is 8.31. The molecule has 0 aliphatic rings. The maximum Gasteiger partial charge on any atom is 0.573 e. The van der Waals surface area contributed by atoms with Crippen molar-refractivity contribution in [2.75, 3.05) is 5.88 Å². The van der Waals surface area contributed by atoms with E-state index in [0.717, 1.165) is 12.1 Å². The molecule has 1 rings (SSSR count). The van der Waals surface area contributed by atoms with Crippen molar-refractivity contribution in [3.8, 4) is 11.5 Å². The fraction of sp³-hybridized carbons (Fsp3) is 0.300. The van der Waals surface area contributed by atoms with Crippen LogP contribution >= 0.6 is 11.6 Å². The van der Waals surface area contributed by atoms with Crippen molar-refractivity contribution >= 4 is 17.5 Å². The molecule has 1 aromatic carbocycles. The number of phenols is 1. The summed E-state index contributed by atoms with van der Waals surface area (Å²) in [5.74, 6) is -1.64. The average molecular weight is 284 g/mol. The van der Waals surface area contributed by atoms with Gasteiger partial charge in [-0.05, 0) is 12.1 Å². The minimum Gasteiger partial charge on any atom is -0.507 e. The van der Waals surface area contributed by atoms with E-state index in [9.17, 15) is 23.1 Å². The molecule has 1 amide bonds. The zero-order chi connectivity index (χ0) is 13.8. The Bertz CT molecular complexity index is 437. The lowest BCUT2D eigenvalue weighted by Crippen LogP contribution is -2.23. The van der Waals surface area contributed by atoms with Crippen LogP contribution in [0.4, 0.5) is 13.2 Å². The third-order valence-corrected chi connectivity index (χ3v) is 2.13. The molecule has 0 bridgehead atoms. The van der Waals surface area contributed by atoms with Crippen molar-refractivity contribution in [3.63, 3.8) is 0 Å². The highest BCUT2D eigenvalue weighted by Gasteiger charge is 2.31. The Kier molecular flexibility index (Phi) is 4.66. The van der Waals surface area contributed by atoms with Gasteiger partial charge in [0.1, 0.15) is 17.4 Å². The molecule has 8 heteroatoms. The summed E-state index contributed by atoms with van der Waals surface area (Å²) >= 11 is 5.24. The number of rotatable bonds is 4. The van der Waals surface area contributed by atoms with Gasteiger partial charge in [-0.3, -0.25) is 4.79 Å². The van der Waals surface area contributed by atoms with Crippen LogP contribution < -0.4 is 10.1 Å². The van der Waals surface area contributed by atoms with Gasteiger partial charge >= 0.3 is 6.36 Å². The Morgan fingerprint density at radius 3 is 2.61 bits per heavy atom. The largest absolute Gasteiger partial charge is 0.573 e. The quantitative estimate of drug-likeness (QED) is 0.833. The van der Waals surface area contributed by atoms with Crippen LogP contribution in [0.2, 0.25) is 0 Å². The molecule has 1 aromatic rings. The summed E-state index contributed by atoms with van der Waals surface area (Å²) in [6.07, 6.45) is -4.82. The number of halogens is 4. The highest BCUT2D eigenvalue weighted by atomic mass is 35.5. The maximum absolute atomic E-state index is 11.9. The van der Waals surface area contributed by atoms with Gasteiger partial charge in [0.05, 0.1) is 0 Å². The van der Waals surface area contributed by atoms with Crippen LogP contribution in [-0.4, -0.2) is 23.3 Å². The van der Waals surface area contributed by atoms with Crippen LogP contribution in [-0.2, 0) is 11.3 Å². The Labute approximate surface area is 105 Å². The zero-order valence-corrected chi connectivity index (χ0v) is 9.68. The van der Waals surface area contributed by atoms with Gasteiger partial charge in [0, 0.05) is 18.2 Å². The molecule has 0 fully saturated rings. The molecule has 0 aromatic heterocycles. The van der Waals surface area contributed by atoms with E-state index in [0.29, 0.717) is 0 Å².